The number of halogens is 3. The minimum Gasteiger partial charge on any atom is -0.494 e. The van der Waals surface area contributed by atoms with Crippen molar-refractivity contribution in [1.82, 2.24) is 24.6 Å². The number of rotatable bonds is 10. The molecular formula is C28H28F3N9O2. The molecule has 2 heterocycles. The molecular weight excluding hydrogens is 551 g/mol. The van der Waals surface area contributed by atoms with Gasteiger partial charge in [-0.05, 0) is 44.4 Å². The summed E-state index contributed by atoms with van der Waals surface area (Å²) in [5, 5.41) is 19.4. The maximum Gasteiger partial charge on any atom is 0.421 e. The molecule has 0 aliphatic carbocycles. The van der Waals surface area contributed by atoms with Crippen LogP contribution in [0.5, 0.6) is 5.75 Å². The molecule has 4 aromatic rings. The quantitative estimate of drug-likeness (QED) is 0.260. The predicted octanol–water partition coefficient (Wildman–Crippen LogP) is 4.58. The van der Waals surface area contributed by atoms with E-state index in [2.05, 4.69) is 32.3 Å². The van der Waals surface area contributed by atoms with Gasteiger partial charge >= 0.3 is 6.18 Å². The lowest BCUT2D eigenvalue weighted by molar-refractivity contribution is -0.138. The van der Waals surface area contributed by atoms with Crippen LogP contribution in [-0.2, 0) is 11.0 Å². The molecule has 0 atom stereocenters. The molecule has 1 amide bonds. The van der Waals surface area contributed by atoms with Gasteiger partial charge in [0.1, 0.15) is 11.3 Å². The Balaban J connectivity index is 1.80. The Morgan fingerprint density at radius 1 is 1.17 bits per heavy atom. The molecule has 0 spiro atoms. The molecule has 0 aliphatic heterocycles. The highest BCUT2D eigenvalue weighted by atomic mass is 19.4. The van der Waals surface area contributed by atoms with Crippen molar-refractivity contribution in [1.29, 1.82) is 5.26 Å². The summed E-state index contributed by atoms with van der Waals surface area (Å²) in [6, 6.07) is 9.76. The number of methoxy groups -OCH3 is 1. The number of fused-ring (bicyclic) bond motifs is 1. The van der Waals surface area contributed by atoms with Gasteiger partial charge in [0.25, 0.3) is 0 Å². The molecule has 0 saturated heterocycles. The van der Waals surface area contributed by atoms with Crippen LogP contribution in [0, 0.1) is 11.3 Å². The Labute approximate surface area is 239 Å². The van der Waals surface area contributed by atoms with Crippen LogP contribution in [0.4, 0.5) is 36.2 Å². The third-order valence-corrected chi connectivity index (χ3v) is 6.27. The van der Waals surface area contributed by atoms with Gasteiger partial charge in [0.15, 0.2) is 5.82 Å². The van der Waals surface area contributed by atoms with Crippen molar-refractivity contribution in [3.63, 3.8) is 0 Å². The molecule has 0 unspecified atom stereocenters. The summed E-state index contributed by atoms with van der Waals surface area (Å²) in [6.45, 7) is 4.86. The van der Waals surface area contributed by atoms with Crippen LogP contribution in [-0.4, -0.2) is 71.9 Å². The van der Waals surface area contributed by atoms with Crippen molar-refractivity contribution < 1.29 is 22.7 Å². The van der Waals surface area contributed by atoms with Crippen molar-refractivity contribution in [3.8, 4) is 17.6 Å². The Hall–Kier alpha value is -5.16. The van der Waals surface area contributed by atoms with Gasteiger partial charge in [-0.3, -0.25) is 4.79 Å². The summed E-state index contributed by atoms with van der Waals surface area (Å²) in [6.07, 6.45) is -1.63. The zero-order chi connectivity index (χ0) is 30.6. The Morgan fingerprint density at radius 2 is 1.93 bits per heavy atom. The third kappa shape index (κ3) is 6.42. The van der Waals surface area contributed by atoms with Gasteiger partial charge in [-0.2, -0.15) is 28.5 Å². The van der Waals surface area contributed by atoms with Gasteiger partial charge < -0.3 is 25.2 Å². The lowest BCUT2D eigenvalue weighted by Crippen LogP contribution is -2.29. The summed E-state index contributed by atoms with van der Waals surface area (Å²) < 4.78 is 48.7. The Bertz CT molecular complexity index is 1680. The van der Waals surface area contributed by atoms with E-state index in [0.717, 1.165) is 17.3 Å². The van der Waals surface area contributed by atoms with Crippen LogP contribution in [0.1, 0.15) is 11.1 Å². The van der Waals surface area contributed by atoms with E-state index in [4.69, 9.17) is 4.74 Å². The minimum atomic E-state index is -4.78. The zero-order valence-electron chi connectivity index (χ0n) is 23.3. The maximum atomic E-state index is 14.0. The van der Waals surface area contributed by atoms with Crippen LogP contribution >= 0.6 is 0 Å². The number of aromatic nitrogens is 4. The average Bonchev–Trinajstić information content (AvgIpc) is 3.38. The summed E-state index contributed by atoms with van der Waals surface area (Å²) in [7, 11) is 7.18. The molecule has 2 aromatic heterocycles. The second kappa shape index (κ2) is 12.1. The predicted molar refractivity (Wildman–Crippen MR) is 153 cm³/mol. The van der Waals surface area contributed by atoms with Gasteiger partial charge in [-0.1, -0.05) is 6.58 Å². The number of carbonyl (C=O) groups excluding carboxylic acids is 1. The maximum absolute atomic E-state index is 14.0. The minimum absolute atomic E-state index is 0.177. The number of likely N-dealkylation sites (N-methyl/N-ethyl adjacent to an activating group) is 2. The summed E-state index contributed by atoms with van der Waals surface area (Å²) in [5.74, 6) is -0.814. The molecule has 42 heavy (non-hydrogen) atoms. The van der Waals surface area contributed by atoms with Gasteiger partial charge in [0.05, 0.1) is 47.5 Å². The van der Waals surface area contributed by atoms with E-state index in [1.54, 1.807) is 12.1 Å². The first-order valence-electron chi connectivity index (χ1n) is 12.6. The average molecular weight is 580 g/mol. The fraction of sp³-hybridized carbons (Fsp3) is 0.250. The molecule has 0 fully saturated rings. The first-order chi connectivity index (χ1) is 19.9. The fourth-order valence-corrected chi connectivity index (χ4v) is 4.09. The SMILES string of the molecule is C=CC(=O)Nc1cc(Nc2ncc(C(F)(F)F)c(-n3ncc4cc(C#N)ccc43)n2)c(OC)cc1N(C)CCN(C)C. The van der Waals surface area contributed by atoms with Crippen molar-refractivity contribution in [2.75, 3.05) is 56.9 Å². The third-order valence-electron chi connectivity index (χ3n) is 6.27. The highest BCUT2D eigenvalue weighted by molar-refractivity contribution is 6.02. The smallest absolute Gasteiger partial charge is 0.421 e. The van der Waals surface area contributed by atoms with Crippen LogP contribution in [0.3, 0.4) is 0 Å². The molecule has 218 valence electrons. The van der Waals surface area contributed by atoms with Crippen LogP contribution in [0.25, 0.3) is 16.7 Å². The summed E-state index contributed by atoms with van der Waals surface area (Å²) in [5.41, 5.74) is 0.889. The summed E-state index contributed by atoms with van der Waals surface area (Å²) in [4.78, 5) is 24.3. The van der Waals surface area contributed by atoms with Gasteiger partial charge in [-0.15, -0.1) is 0 Å². The normalized spacial score (nSPS) is 11.3. The number of alkyl halides is 3. The molecule has 0 aliphatic rings. The Morgan fingerprint density at radius 3 is 2.57 bits per heavy atom. The molecule has 0 bridgehead atoms. The van der Waals surface area contributed by atoms with E-state index >= 15 is 0 Å². The highest BCUT2D eigenvalue weighted by Gasteiger charge is 2.36. The standard InChI is InChI=1S/C28H28F3N9O2/c1-6-25(41)35-20-12-21(24(42-5)13-23(20)39(4)10-9-38(2)3)36-27-33-16-19(28(29,30)31)26(37-27)40-22-8-7-17(14-32)11-18(22)15-34-40/h6-8,11-13,15-16H,1,9-10H2,2-5H3,(H,35,41)(H,33,36,37). The molecule has 11 nitrogen and oxygen atoms in total. The van der Waals surface area contributed by atoms with E-state index in [1.165, 1.54) is 31.5 Å². The number of anilines is 4. The second-order valence-electron chi connectivity index (χ2n) is 9.48. The van der Waals surface area contributed by atoms with Crippen molar-refractivity contribution in [2.24, 2.45) is 0 Å². The van der Waals surface area contributed by atoms with E-state index in [1.807, 2.05) is 37.0 Å². The first kappa shape index (κ1) is 29.8. The zero-order valence-corrected chi connectivity index (χ0v) is 23.3. The molecule has 2 N–H and O–H groups in total. The van der Waals surface area contributed by atoms with Crippen molar-refractivity contribution >= 4 is 39.8 Å². The van der Waals surface area contributed by atoms with Gasteiger partial charge in [0.2, 0.25) is 11.9 Å². The number of benzene rings is 2. The van der Waals surface area contributed by atoms with Crippen LogP contribution < -0.4 is 20.3 Å². The number of hydrogen-bond acceptors (Lipinski definition) is 9. The van der Waals surface area contributed by atoms with Crippen LogP contribution in [0.2, 0.25) is 0 Å². The number of nitrogens with zero attached hydrogens (tertiary/aromatic N) is 7. The number of amides is 1. The van der Waals surface area contributed by atoms with Gasteiger partial charge in [-0.25, -0.2) is 9.67 Å². The van der Waals surface area contributed by atoms with Crippen LogP contribution in [0.15, 0.2) is 55.4 Å². The van der Waals surface area contributed by atoms with Crippen molar-refractivity contribution in [2.45, 2.75) is 6.18 Å². The number of nitriles is 1. The molecule has 2 aromatic carbocycles. The number of hydrogen-bond donors (Lipinski definition) is 2. The summed E-state index contributed by atoms with van der Waals surface area (Å²) >= 11 is 0. The van der Waals surface area contributed by atoms with E-state index in [9.17, 15) is 23.2 Å². The second-order valence-corrected chi connectivity index (χ2v) is 9.48. The molecule has 4 rings (SSSR count). The number of nitrogens with one attached hydrogen (secondary N) is 2. The molecule has 0 radical (unpaired) electrons. The van der Waals surface area contributed by atoms with Crippen molar-refractivity contribution in [3.05, 3.63) is 66.5 Å². The number of carbonyl (C=O) groups is 1. The van der Waals surface area contributed by atoms with E-state index < -0.39 is 23.5 Å². The van der Waals surface area contributed by atoms with E-state index in [-0.39, 0.29) is 11.6 Å². The lowest BCUT2D eigenvalue weighted by Gasteiger charge is -2.26. The largest absolute Gasteiger partial charge is 0.494 e. The van der Waals surface area contributed by atoms with Gasteiger partial charge in [0, 0.05) is 37.8 Å². The molecule has 14 heteroatoms. The number of ether oxygens (including phenoxy) is 1. The monoisotopic (exact) mass is 579 g/mol. The highest BCUT2D eigenvalue weighted by Crippen LogP contribution is 2.39. The first-order valence-corrected chi connectivity index (χ1v) is 12.6. The Kier molecular flexibility index (Phi) is 8.62. The molecule has 0 saturated carbocycles. The lowest BCUT2D eigenvalue weighted by atomic mass is 10.2. The fourth-order valence-electron chi connectivity index (χ4n) is 4.09. The van der Waals surface area contributed by atoms with E-state index in [0.29, 0.717) is 46.3 Å². The topological polar surface area (TPSA) is 124 Å².